The molecule has 0 aromatic carbocycles. The van der Waals surface area contributed by atoms with Crippen molar-refractivity contribution < 1.29 is 17.6 Å². The van der Waals surface area contributed by atoms with Crippen LogP contribution in [0.25, 0.3) is 0 Å². The summed E-state index contributed by atoms with van der Waals surface area (Å²) in [6.07, 6.45) is 5.77. The van der Waals surface area contributed by atoms with Crippen LogP contribution in [0.15, 0.2) is 12.7 Å². The number of hydrogen-bond acceptors (Lipinski definition) is 4. The zero-order chi connectivity index (χ0) is 23.6. The minimum Gasteiger partial charge on any atom is -0.413 e. The third-order valence-electron chi connectivity index (χ3n) is 9.48. The first-order valence-corrected chi connectivity index (χ1v) is 16.4. The smallest absolute Gasteiger partial charge is 0.241 e. The average Bonchev–Trinajstić information content (AvgIpc) is 3.10. The minimum absolute atomic E-state index is 0.0145. The highest BCUT2D eigenvalue weighted by molar-refractivity contribution is 7.90. The van der Waals surface area contributed by atoms with Gasteiger partial charge in [-0.05, 0) is 61.6 Å². The van der Waals surface area contributed by atoms with E-state index >= 15 is 0 Å². The summed E-state index contributed by atoms with van der Waals surface area (Å²) in [5.74, 6) is -0.148. The molecule has 3 rings (SSSR count). The van der Waals surface area contributed by atoms with Gasteiger partial charge in [-0.3, -0.25) is 4.79 Å². The maximum atomic E-state index is 13.8. The topological polar surface area (TPSA) is 63.7 Å². The quantitative estimate of drug-likeness (QED) is 0.373. The van der Waals surface area contributed by atoms with Gasteiger partial charge in [0, 0.05) is 5.41 Å². The Morgan fingerprint density at radius 2 is 1.94 bits per heavy atom. The maximum absolute atomic E-state index is 13.8. The molecule has 1 saturated heterocycles. The van der Waals surface area contributed by atoms with E-state index in [2.05, 4.69) is 54.3 Å². The van der Waals surface area contributed by atoms with Crippen molar-refractivity contribution in [1.29, 1.82) is 0 Å². The number of nitrogens with zero attached hydrogens (tertiary/aromatic N) is 1. The van der Waals surface area contributed by atoms with E-state index < -0.39 is 24.3 Å². The van der Waals surface area contributed by atoms with Crippen LogP contribution in [0.5, 0.6) is 0 Å². The Morgan fingerprint density at radius 3 is 2.45 bits per heavy atom. The van der Waals surface area contributed by atoms with Crippen molar-refractivity contribution in [2.24, 2.45) is 22.7 Å². The molecule has 0 radical (unpaired) electrons. The summed E-state index contributed by atoms with van der Waals surface area (Å²) >= 11 is 0. The Bertz CT molecular complexity index is 844. The number of rotatable bonds is 7. The summed E-state index contributed by atoms with van der Waals surface area (Å²) in [6, 6.07) is -0.186. The van der Waals surface area contributed by atoms with Gasteiger partial charge in [-0.15, -0.1) is 6.58 Å². The van der Waals surface area contributed by atoms with Crippen LogP contribution in [0.2, 0.25) is 18.1 Å². The summed E-state index contributed by atoms with van der Waals surface area (Å²) in [4.78, 5) is 13.8. The van der Waals surface area contributed by atoms with Crippen molar-refractivity contribution in [1.82, 2.24) is 4.31 Å². The van der Waals surface area contributed by atoms with Gasteiger partial charge in [-0.1, -0.05) is 47.6 Å². The molecule has 5 nitrogen and oxygen atoms in total. The van der Waals surface area contributed by atoms with Gasteiger partial charge < -0.3 is 4.43 Å². The van der Waals surface area contributed by atoms with Gasteiger partial charge in [0.05, 0.1) is 23.8 Å². The summed E-state index contributed by atoms with van der Waals surface area (Å²) in [5.41, 5.74) is -0.328. The summed E-state index contributed by atoms with van der Waals surface area (Å²) in [5, 5.41) is 0.0145. The van der Waals surface area contributed by atoms with Crippen LogP contribution < -0.4 is 0 Å². The molecule has 3 fully saturated rings. The molecule has 3 aliphatic rings. The zero-order valence-corrected chi connectivity index (χ0v) is 22.6. The van der Waals surface area contributed by atoms with Crippen LogP contribution >= 0.6 is 0 Å². The predicted octanol–water partition coefficient (Wildman–Crippen LogP) is 5.35. The number of allylic oxidation sites excluding steroid dienone is 1. The molecule has 7 heteroatoms. The normalized spacial score (nSPS) is 33.2. The lowest BCUT2D eigenvalue weighted by Gasteiger charge is -2.41. The number of carbonyl (C=O) groups excluding carboxylic acids is 1. The van der Waals surface area contributed by atoms with E-state index in [9.17, 15) is 13.2 Å². The van der Waals surface area contributed by atoms with Gasteiger partial charge in [0.2, 0.25) is 15.9 Å². The molecule has 5 unspecified atom stereocenters. The molecule has 2 bridgehead atoms. The lowest BCUT2D eigenvalue weighted by molar-refractivity contribution is -0.136. The second kappa shape index (κ2) is 7.69. The fourth-order valence-electron chi connectivity index (χ4n) is 6.19. The van der Waals surface area contributed by atoms with Crippen LogP contribution in [0.1, 0.15) is 73.6 Å². The fraction of sp³-hybridized carbons (Fsp3) is 0.875. The maximum Gasteiger partial charge on any atom is 0.241 e. The first kappa shape index (κ1) is 25.0. The van der Waals surface area contributed by atoms with Crippen LogP contribution in [0.4, 0.5) is 0 Å². The third kappa shape index (κ3) is 3.76. The number of amides is 1. The number of carbonyl (C=O) groups is 1. The van der Waals surface area contributed by atoms with Crippen molar-refractivity contribution in [2.45, 2.75) is 104 Å². The van der Waals surface area contributed by atoms with Crippen LogP contribution in [-0.4, -0.2) is 44.8 Å². The van der Waals surface area contributed by atoms with Crippen LogP contribution in [-0.2, 0) is 19.2 Å². The Balaban J connectivity index is 1.90. The van der Waals surface area contributed by atoms with E-state index in [0.717, 1.165) is 25.7 Å². The summed E-state index contributed by atoms with van der Waals surface area (Å²) in [6.45, 7) is 21.0. The number of sulfonamides is 1. The largest absolute Gasteiger partial charge is 0.413 e. The molecule has 1 heterocycles. The molecule has 0 aromatic heterocycles. The second-order valence-electron chi connectivity index (χ2n) is 12.3. The summed E-state index contributed by atoms with van der Waals surface area (Å²) in [7, 11) is -5.73. The van der Waals surface area contributed by atoms with E-state index in [-0.39, 0.29) is 39.7 Å². The van der Waals surface area contributed by atoms with Gasteiger partial charge in [-0.2, -0.15) is 0 Å². The first-order valence-electron chi connectivity index (χ1n) is 11.9. The highest BCUT2D eigenvalue weighted by atomic mass is 32.2. The Kier molecular flexibility index (Phi) is 6.20. The van der Waals surface area contributed by atoms with Crippen LogP contribution in [0.3, 0.4) is 0 Å². The lowest BCUT2D eigenvalue weighted by Crippen LogP contribution is -2.51. The highest BCUT2D eigenvalue weighted by Gasteiger charge is 2.72. The monoisotopic (exact) mass is 469 g/mol. The second-order valence-corrected chi connectivity index (χ2v) is 18.9. The van der Waals surface area contributed by atoms with Gasteiger partial charge in [-0.25, -0.2) is 12.7 Å². The van der Waals surface area contributed by atoms with Crippen molar-refractivity contribution in [2.75, 3.05) is 5.75 Å². The molecule has 31 heavy (non-hydrogen) atoms. The van der Waals surface area contributed by atoms with E-state index in [0.29, 0.717) is 12.3 Å². The highest BCUT2D eigenvalue weighted by Crippen LogP contribution is 2.70. The molecule has 1 amide bonds. The summed E-state index contributed by atoms with van der Waals surface area (Å²) < 4.78 is 34.6. The molecule has 178 valence electrons. The molecule has 0 aromatic rings. The van der Waals surface area contributed by atoms with Gasteiger partial charge in [0.15, 0.2) is 8.32 Å². The molecule has 1 aliphatic heterocycles. The van der Waals surface area contributed by atoms with Crippen molar-refractivity contribution >= 4 is 24.2 Å². The molecule has 5 atom stereocenters. The van der Waals surface area contributed by atoms with Gasteiger partial charge >= 0.3 is 0 Å². The molecular weight excluding hydrogens is 426 g/mol. The third-order valence-corrected chi connectivity index (χ3v) is 15.9. The molecule has 1 spiro atoms. The fourth-order valence-corrected chi connectivity index (χ4v) is 10.2. The molecule has 2 saturated carbocycles. The first-order chi connectivity index (χ1) is 14.0. The SMILES string of the molecule is C=CCCC(O[Si](C)(C)C(C)(C)C)C(C)C(=O)N1C2CC3CCC2(CS1(=O)=O)C3(C)C. The van der Waals surface area contributed by atoms with Crippen molar-refractivity contribution in [3.8, 4) is 0 Å². The van der Waals surface area contributed by atoms with Crippen molar-refractivity contribution in [3.05, 3.63) is 12.7 Å². The molecular formula is C24H43NO4SSi. The van der Waals surface area contributed by atoms with E-state index in [1.165, 1.54) is 4.31 Å². The van der Waals surface area contributed by atoms with E-state index in [4.69, 9.17) is 4.43 Å². The predicted molar refractivity (Wildman–Crippen MR) is 129 cm³/mol. The Morgan fingerprint density at radius 1 is 1.32 bits per heavy atom. The van der Waals surface area contributed by atoms with Gasteiger partial charge in [0.25, 0.3) is 0 Å². The minimum atomic E-state index is -3.61. The standard InChI is InChI=1S/C24H43NO4SSi/c1-10-11-12-19(29-31(8,9)22(3,4)5)17(2)21(26)25-20-15-18-13-14-24(20,23(18,6)7)16-30(25,27)28/h10,17-20H,1,11-16H2,2-9H3. The molecule has 0 N–H and O–H groups in total. The van der Waals surface area contributed by atoms with E-state index in [1.54, 1.807) is 0 Å². The van der Waals surface area contributed by atoms with Crippen molar-refractivity contribution in [3.63, 3.8) is 0 Å². The Labute approximate surface area is 191 Å². The number of fused-ring (bicyclic) bond motifs is 1. The Hall–Kier alpha value is -0.663. The molecule has 2 aliphatic carbocycles. The van der Waals surface area contributed by atoms with E-state index in [1.807, 2.05) is 13.0 Å². The lowest BCUT2D eigenvalue weighted by atomic mass is 9.69. The number of hydrogen-bond donors (Lipinski definition) is 0. The van der Waals surface area contributed by atoms with Gasteiger partial charge in [0.1, 0.15) is 0 Å². The zero-order valence-electron chi connectivity index (χ0n) is 20.8. The average molecular weight is 470 g/mol. The van der Waals surface area contributed by atoms with Crippen LogP contribution in [0, 0.1) is 22.7 Å².